The summed E-state index contributed by atoms with van der Waals surface area (Å²) in [5, 5.41) is 3.28. The lowest BCUT2D eigenvalue weighted by molar-refractivity contribution is 0.414. The van der Waals surface area contributed by atoms with Crippen LogP contribution in [0.2, 0.25) is 0 Å². The fraction of sp³-hybridized carbons (Fsp3) is 0.364. The normalized spacial score (nSPS) is 16.8. The second-order valence-corrected chi connectivity index (χ2v) is 3.28. The largest absolute Gasteiger partial charge is 0.497 e. The highest BCUT2D eigenvalue weighted by Crippen LogP contribution is 2.21. The van der Waals surface area contributed by atoms with E-state index in [4.69, 9.17) is 4.74 Å². The highest BCUT2D eigenvalue weighted by molar-refractivity contribution is 5.52. The molecule has 0 bridgehead atoms. The molecule has 0 spiro atoms. The van der Waals surface area contributed by atoms with Crippen LogP contribution in [0.3, 0.4) is 0 Å². The Morgan fingerprint density at radius 2 is 2.36 bits per heavy atom. The number of nitrogens with one attached hydrogen (secondary N) is 1. The van der Waals surface area contributed by atoms with Gasteiger partial charge in [-0.05, 0) is 12.1 Å². The molecule has 1 aliphatic rings. The van der Waals surface area contributed by atoms with E-state index >= 15 is 0 Å². The molecule has 0 saturated carbocycles. The number of hydrogen-bond acceptors (Lipinski definition) is 3. The maximum atomic E-state index is 5.19. The van der Waals surface area contributed by atoms with E-state index in [1.807, 2.05) is 12.1 Å². The van der Waals surface area contributed by atoms with Crippen molar-refractivity contribution in [1.29, 1.82) is 0 Å². The Bertz CT molecular complexity index is 295. The second-order valence-electron chi connectivity index (χ2n) is 3.28. The molecule has 1 aromatic rings. The zero-order valence-electron chi connectivity index (χ0n) is 8.36. The quantitative estimate of drug-likeness (QED) is 0.761. The van der Waals surface area contributed by atoms with Gasteiger partial charge in [0.2, 0.25) is 0 Å². The number of benzene rings is 1. The van der Waals surface area contributed by atoms with Gasteiger partial charge in [0.1, 0.15) is 5.75 Å². The summed E-state index contributed by atoms with van der Waals surface area (Å²) in [6.45, 7) is 5.16. The summed E-state index contributed by atoms with van der Waals surface area (Å²) in [5.74, 6) is 0.912. The van der Waals surface area contributed by atoms with Crippen LogP contribution in [-0.2, 0) is 0 Å². The molecule has 1 aliphatic heterocycles. The molecule has 0 amide bonds. The van der Waals surface area contributed by atoms with Crippen LogP contribution in [0, 0.1) is 6.54 Å². The molecule has 1 fully saturated rings. The number of hydrogen-bond donors (Lipinski definition) is 1. The van der Waals surface area contributed by atoms with Crippen LogP contribution in [0.25, 0.3) is 0 Å². The van der Waals surface area contributed by atoms with Gasteiger partial charge in [-0.15, -0.1) is 0 Å². The van der Waals surface area contributed by atoms with Crippen LogP contribution in [0.15, 0.2) is 24.3 Å². The zero-order valence-corrected chi connectivity index (χ0v) is 8.36. The van der Waals surface area contributed by atoms with Gasteiger partial charge in [0, 0.05) is 31.4 Å². The average molecular weight is 191 g/mol. The van der Waals surface area contributed by atoms with Crippen molar-refractivity contribution in [2.45, 2.75) is 0 Å². The van der Waals surface area contributed by atoms with Crippen molar-refractivity contribution in [2.24, 2.45) is 0 Å². The van der Waals surface area contributed by atoms with E-state index in [9.17, 15) is 0 Å². The van der Waals surface area contributed by atoms with E-state index in [1.165, 1.54) is 5.69 Å². The van der Waals surface area contributed by atoms with E-state index in [2.05, 4.69) is 28.9 Å². The highest BCUT2D eigenvalue weighted by atomic mass is 16.5. The lowest BCUT2D eigenvalue weighted by Crippen LogP contribution is -2.39. The van der Waals surface area contributed by atoms with Crippen LogP contribution in [0.1, 0.15) is 0 Å². The van der Waals surface area contributed by atoms with Gasteiger partial charge >= 0.3 is 0 Å². The van der Waals surface area contributed by atoms with Crippen LogP contribution >= 0.6 is 0 Å². The topological polar surface area (TPSA) is 24.5 Å². The highest BCUT2D eigenvalue weighted by Gasteiger charge is 2.10. The Kier molecular flexibility index (Phi) is 2.89. The van der Waals surface area contributed by atoms with Gasteiger partial charge in [0.25, 0.3) is 0 Å². The molecule has 0 unspecified atom stereocenters. The summed E-state index contributed by atoms with van der Waals surface area (Å²) in [6, 6.07) is 8.14. The van der Waals surface area contributed by atoms with Crippen LogP contribution in [-0.4, -0.2) is 26.7 Å². The number of piperazine rings is 1. The molecule has 3 nitrogen and oxygen atoms in total. The van der Waals surface area contributed by atoms with E-state index in [0.29, 0.717) is 0 Å². The summed E-state index contributed by atoms with van der Waals surface area (Å²) in [4.78, 5) is 2.25. The van der Waals surface area contributed by atoms with E-state index in [-0.39, 0.29) is 0 Å². The summed E-state index contributed by atoms with van der Waals surface area (Å²) in [7, 11) is 1.70. The maximum absolute atomic E-state index is 5.19. The molecular weight excluding hydrogens is 176 g/mol. The van der Waals surface area contributed by atoms with Crippen molar-refractivity contribution in [1.82, 2.24) is 5.32 Å². The number of rotatable bonds is 2. The third kappa shape index (κ3) is 1.99. The van der Waals surface area contributed by atoms with Crippen LogP contribution in [0.5, 0.6) is 5.75 Å². The van der Waals surface area contributed by atoms with Crippen LogP contribution < -0.4 is 15.0 Å². The molecule has 75 valence electrons. The SMILES string of the molecule is COc1cccc(N2[CH]CNCC2)c1. The fourth-order valence-electron chi connectivity index (χ4n) is 1.59. The molecule has 0 atom stereocenters. The van der Waals surface area contributed by atoms with E-state index in [1.54, 1.807) is 7.11 Å². The predicted octanol–water partition coefficient (Wildman–Crippen LogP) is 1.27. The third-order valence-corrected chi connectivity index (χ3v) is 2.37. The molecule has 2 rings (SSSR count). The van der Waals surface area contributed by atoms with Crippen molar-refractivity contribution < 1.29 is 4.74 Å². The lowest BCUT2D eigenvalue weighted by atomic mass is 10.2. The fourth-order valence-corrected chi connectivity index (χ4v) is 1.59. The average Bonchev–Trinajstić information content (AvgIpc) is 2.30. The van der Waals surface area contributed by atoms with Gasteiger partial charge in [-0.25, -0.2) is 0 Å². The monoisotopic (exact) mass is 191 g/mol. The van der Waals surface area contributed by atoms with Gasteiger partial charge in [-0.3, -0.25) is 0 Å². The minimum absolute atomic E-state index is 0.912. The lowest BCUT2D eigenvalue weighted by Gasteiger charge is -2.28. The molecular formula is C11H15N2O. The first kappa shape index (κ1) is 9.34. The predicted molar refractivity (Wildman–Crippen MR) is 57.5 cm³/mol. The first-order chi connectivity index (χ1) is 6.90. The number of nitrogens with zero attached hydrogens (tertiary/aromatic N) is 1. The summed E-state index contributed by atoms with van der Waals surface area (Å²) >= 11 is 0. The molecule has 3 heteroatoms. The van der Waals surface area contributed by atoms with Crippen molar-refractivity contribution in [3.8, 4) is 5.75 Å². The number of anilines is 1. The minimum atomic E-state index is 0.912. The smallest absolute Gasteiger partial charge is 0.120 e. The molecule has 1 N–H and O–H groups in total. The van der Waals surface area contributed by atoms with Crippen molar-refractivity contribution in [3.63, 3.8) is 0 Å². The first-order valence-corrected chi connectivity index (χ1v) is 4.85. The zero-order chi connectivity index (χ0) is 9.80. The van der Waals surface area contributed by atoms with Crippen molar-refractivity contribution in [3.05, 3.63) is 30.8 Å². The second kappa shape index (κ2) is 4.33. The van der Waals surface area contributed by atoms with Gasteiger partial charge in [-0.1, -0.05) is 6.07 Å². The Labute approximate surface area is 84.7 Å². The molecule has 1 heterocycles. The Hall–Kier alpha value is -1.22. The maximum Gasteiger partial charge on any atom is 0.120 e. The number of ether oxygens (including phenoxy) is 1. The van der Waals surface area contributed by atoms with Gasteiger partial charge in [-0.2, -0.15) is 0 Å². The summed E-state index contributed by atoms with van der Waals surface area (Å²) < 4.78 is 5.19. The van der Waals surface area contributed by atoms with Crippen LogP contribution in [0.4, 0.5) is 5.69 Å². The third-order valence-electron chi connectivity index (χ3n) is 2.37. The van der Waals surface area contributed by atoms with Crippen molar-refractivity contribution in [2.75, 3.05) is 31.6 Å². The molecule has 0 aromatic heterocycles. The molecule has 1 radical (unpaired) electrons. The first-order valence-electron chi connectivity index (χ1n) is 4.85. The Morgan fingerprint density at radius 1 is 1.43 bits per heavy atom. The van der Waals surface area contributed by atoms with Crippen molar-refractivity contribution >= 4 is 5.69 Å². The minimum Gasteiger partial charge on any atom is -0.497 e. The summed E-state index contributed by atoms with van der Waals surface area (Å²) in [5.41, 5.74) is 1.20. The van der Waals surface area contributed by atoms with E-state index in [0.717, 1.165) is 25.4 Å². The number of methoxy groups -OCH3 is 1. The standard InChI is InChI=1S/C11H15N2O/c1-14-11-4-2-3-10(9-11)13-7-5-12-6-8-13/h2-4,7,9,12H,5-6,8H2,1H3. The Balaban J connectivity index is 2.13. The van der Waals surface area contributed by atoms with Gasteiger partial charge < -0.3 is 15.0 Å². The van der Waals surface area contributed by atoms with Gasteiger partial charge in [0.05, 0.1) is 13.7 Å². The molecule has 0 aliphatic carbocycles. The summed E-state index contributed by atoms with van der Waals surface area (Å²) in [6.07, 6.45) is 0. The Morgan fingerprint density at radius 3 is 3.07 bits per heavy atom. The molecule has 1 aromatic carbocycles. The molecule has 1 saturated heterocycles. The molecule has 14 heavy (non-hydrogen) atoms. The van der Waals surface area contributed by atoms with Gasteiger partial charge in [0.15, 0.2) is 0 Å². The van der Waals surface area contributed by atoms with E-state index < -0.39 is 0 Å².